The predicted octanol–water partition coefficient (Wildman–Crippen LogP) is 4.03. The van der Waals surface area contributed by atoms with Crippen molar-refractivity contribution in [3.63, 3.8) is 0 Å². The quantitative estimate of drug-likeness (QED) is 0.758. The van der Waals surface area contributed by atoms with Crippen LogP contribution < -0.4 is 5.32 Å². The number of aromatic nitrogens is 2. The first-order valence-electron chi connectivity index (χ1n) is 7.21. The Kier molecular flexibility index (Phi) is 4.20. The highest BCUT2D eigenvalue weighted by molar-refractivity contribution is 5.95. The van der Waals surface area contributed by atoms with E-state index < -0.39 is 11.8 Å². The summed E-state index contributed by atoms with van der Waals surface area (Å²) < 4.78 is 13.7. The van der Waals surface area contributed by atoms with Crippen LogP contribution in [-0.2, 0) is 0 Å². The van der Waals surface area contributed by atoms with Crippen molar-refractivity contribution >= 4 is 17.3 Å². The summed E-state index contributed by atoms with van der Waals surface area (Å²) in [7, 11) is 0. The van der Waals surface area contributed by atoms with Crippen molar-refractivity contribution in [2.45, 2.75) is 6.92 Å². The second kappa shape index (κ2) is 6.45. The molecular weight excluding hydrogens is 309 g/mol. The number of benzene rings is 1. The predicted molar refractivity (Wildman–Crippen MR) is 88.8 cm³/mol. The Morgan fingerprint density at radius 3 is 2.67 bits per heavy atom. The SMILES string of the molecule is Cc1ccc(Nc2ccc(-c3ccncc3F)nc2)c(C(=O)O)c1. The van der Waals surface area contributed by atoms with Gasteiger partial charge in [-0.3, -0.25) is 9.97 Å². The molecule has 0 amide bonds. The van der Waals surface area contributed by atoms with Crippen LogP contribution in [0.2, 0.25) is 0 Å². The third kappa shape index (κ3) is 3.22. The van der Waals surface area contributed by atoms with E-state index in [4.69, 9.17) is 0 Å². The van der Waals surface area contributed by atoms with Crippen molar-refractivity contribution < 1.29 is 14.3 Å². The molecule has 2 N–H and O–H groups in total. The number of nitrogens with one attached hydrogen (secondary N) is 1. The number of carbonyl (C=O) groups is 1. The van der Waals surface area contributed by atoms with Gasteiger partial charge in [-0.15, -0.1) is 0 Å². The molecule has 0 aliphatic heterocycles. The van der Waals surface area contributed by atoms with Crippen LogP contribution in [-0.4, -0.2) is 21.0 Å². The molecule has 3 rings (SSSR count). The van der Waals surface area contributed by atoms with Gasteiger partial charge in [0.1, 0.15) is 0 Å². The van der Waals surface area contributed by atoms with Gasteiger partial charge in [0.2, 0.25) is 0 Å². The van der Waals surface area contributed by atoms with Gasteiger partial charge in [-0.2, -0.15) is 0 Å². The van der Waals surface area contributed by atoms with Gasteiger partial charge in [0.05, 0.1) is 35.0 Å². The number of hydrogen-bond acceptors (Lipinski definition) is 4. The average molecular weight is 323 g/mol. The zero-order valence-electron chi connectivity index (χ0n) is 12.8. The van der Waals surface area contributed by atoms with E-state index in [0.717, 1.165) is 11.8 Å². The Hall–Kier alpha value is -3.28. The Balaban J connectivity index is 1.88. The third-order valence-electron chi connectivity index (χ3n) is 3.50. The molecule has 0 unspecified atom stereocenters. The van der Waals surface area contributed by atoms with E-state index in [0.29, 0.717) is 22.6 Å². The fourth-order valence-corrected chi connectivity index (χ4v) is 2.31. The molecule has 5 nitrogen and oxygen atoms in total. The topological polar surface area (TPSA) is 75.1 Å². The minimum absolute atomic E-state index is 0.180. The fraction of sp³-hybridized carbons (Fsp3) is 0.0556. The highest BCUT2D eigenvalue weighted by atomic mass is 19.1. The number of carboxylic acids is 1. The lowest BCUT2D eigenvalue weighted by Gasteiger charge is -2.11. The molecule has 0 aliphatic carbocycles. The van der Waals surface area contributed by atoms with Crippen LogP contribution in [0.25, 0.3) is 11.3 Å². The molecule has 0 atom stereocenters. The summed E-state index contributed by atoms with van der Waals surface area (Å²) in [5.74, 6) is -1.46. The zero-order chi connectivity index (χ0) is 17.1. The lowest BCUT2D eigenvalue weighted by molar-refractivity contribution is 0.0698. The number of hydrogen-bond donors (Lipinski definition) is 2. The highest BCUT2D eigenvalue weighted by Gasteiger charge is 2.11. The minimum atomic E-state index is -1.01. The van der Waals surface area contributed by atoms with Crippen molar-refractivity contribution in [2.75, 3.05) is 5.32 Å². The Morgan fingerprint density at radius 1 is 1.17 bits per heavy atom. The molecule has 120 valence electrons. The molecule has 0 saturated heterocycles. The summed E-state index contributed by atoms with van der Waals surface area (Å²) in [5, 5.41) is 12.3. The summed E-state index contributed by atoms with van der Waals surface area (Å²) in [6, 6.07) is 10.0. The Bertz CT molecular complexity index is 895. The van der Waals surface area contributed by atoms with E-state index in [9.17, 15) is 14.3 Å². The Labute approximate surface area is 137 Å². The van der Waals surface area contributed by atoms with Crippen LogP contribution >= 0.6 is 0 Å². The van der Waals surface area contributed by atoms with E-state index in [-0.39, 0.29) is 5.56 Å². The van der Waals surface area contributed by atoms with Crippen LogP contribution in [0.5, 0.6) is 0 Å². The number of anilines is 2. The average Bonchev–Trinajstić information content (AvgIpc) is 2.57. The number of halogens is 1. The number of aromatic carboxylic acids is 1. The first-order chi connectivity index (χ1) is 11.5. The maximum atomic E-state index is 13.7. The van der Waals surface area contributed by atoms with Gasteiger partial charge in [-0.25, -0.2) is 9.18 Å². The third-order valence-corrected chi connectivity index (χ3v) is 3.50. The highest BCUT2D eigenvalue weighted by Crippen LogP contribution is 2.24. The maximum Gasteiger partial charge on any atom is 0.337 e. The number of aryl methyl sites for hydroxylation is 1. The molecule has 0 radical (unpaired) electrons. The van der Waals surface area contributed by atoms with Gasteiger partial charge >= 0.3 is 5.97 Å². The van der Waals surface area contributed by atoms with Crippen LogP contribution in [0.15, 0.2) is 55.0 Å². The molecule has 0 saturated carbocycles. The van der Waals surface area contributed by atoms with Gasteiger partial charge < -0.3 is 10.4 Å². The van der Waals surface area contributed by atoms with Crippen LogP contribution in [0, 0.1) is 12.7 Å². The van der Waals surface area contributed by atoms with Gasteiger partial charge in [0, 0.05) is 11.8 Å². The van der Waals surface area contributed by atoms with E-state index in [2.05, 4.69) is 15.3 Å². The van der Waals surface area contributed by atoms with Gasteiger partial charge in [-0.05, 0) is 37.3 Å². The summed E-state index contributed by atoms with van der Waals surface area (Å²) in [6.45, 7) is 1.83. The lowest BCUT2D eigenvalue weighted by Crippen LogP contribution is -2.03. The van der Waals surface area contributed by atoms with Crippen molar-refractivity contribution in [3.8, 4) is 11.3 Å². The molecule has 0 aliphatic rings. The molecular formula is C18H14FN3O2. The Morgan fingerprint density at radius 2 is 2.00 bits per heavy atom. The van der Waals surface area contributed by atoms with Gasteiger partial charge in [0.25, 0.3) is 0 Å². The lowest BCUT2D eigenvalue weighted by atomic mass is 10.1. The summed E-state index contributed by atoms with van der Waals surface area (Å²) in [6.07, 6.45) is 4.16. The van der Waals surface area contributed by atoms with Crippen LogP contribution in [0.1, 0.15) is 15.9 Å². The maximum absolute atomic E-state index is 13.7. The molecule has 0 spiro atoms. The van der Waals surface area contributed by atoms with Gasteiger partial charge in [0.15, 0.2) is 5.82 Å². The minimum Gasteiger partial charge on any atom is -0.478 e. The molecule has 0 fully saturated rings. The monoisotopic (exact) mass is 323 g/mol. The molecule has 2 heterocycles. The summed E-state index contributed by atoms with van der Waals surface area (Å²) >= 11 is 0. The van der Waals surface area contributed by atoms with E-state index in [1.54, 1.807) is 30.3 Å². The zero-order valence-corrected chi connectivity index (χ0v) is 12.8. The molecule has 3 aromatic rings. The van der Waals surface area contributed by atoms with Crippen molar-refractivity contribution in [1.29, 1.82) is 0 Å². The van der Waals surface area contributed by atoms with Crippen molar-refractivity contribution in [2.24, 2.45) is 0 Å². The second-order valence-corrected chi connectivity index (χ2v) is 5.27. The first kappa shape index (κ1) is 15.6. The van der Waals surface area contributed by atoms with E-state index in [1.807, 2.05) is 13.0 Å². The smallest absolute Gasteiger partial charge is 0.337 e. The number of rotatable bonds is 4. The molecule has 6 heteroatoms. The van der Waals surface area contributed by atoms with Crippen molar-refractivity contribution in [3.05, 3.63) is 71.9 Å². The van der Waals surface area contributed by atoms with Crippen LogP contribution in [0.3, 0.4) is 0 Å². The summed E-state index contributed by atoms with van der Waals surface area (Å²) in [4.78, 5) is 19.3. The van der Waals surface area contributed by atoms with E-state index >= 15 is 0 Å². The van der Waals surface area contributed by atoms with Gasteiger partial charge in [-0.1, -0.05) is 11.6 Å². The number of pyridine rings is 2. The van der Waals surface area contributed by atoms with Crippen LogP contribution in [0.4, 0.5) is 15.8 Å². The normalized spacial score (nSPS) is 10.4. The standard InChI is InChI=1S/C18H14FN3O2/c1-11-2-4-17(14(8-11)18(23)24)22-12-3-5-16(21-9-12)13-6-7-20-10-15(13)19/h2-10,22H,1H3,(H,23,24). The number of carboxylic acid groups (broad SMARTS) is 1. The largest absolute Gasteiger partial charge is 0.478 e. The second-order valence-electron chi connectivity index (χ2n) is 5.27. The molecule has 1 aromatic carbocycles. The molecule has 2 aromatic heterocycles. The van der Waals surface area contributed by atoms with E-state index in [1.165, 1.54) is 12.4 Å². The summed E-state index contributed by atoms with van der Waals surface area (Å²) in [5.41, 5.74) is 2.96. The fourth-order valence-electron chi connectivity index (χ4n) is 2.31. The number of nitrogens with zero attached hydrogens (tertiary/aromatic N) is 2. The van der Waals surface area contributed by atoms with Crippen molar-refractivity contribution in [1.82, 2.24) is 9.97 Å². The molecule has 24 heavy (non-hydrogen) atoms. The molecule has 0 bridgehead atoms. The first-order valence-corrected chi connectivity index (χ1v) is 7.21.